The predicted octanol–water partition coefficient (Wildman–Crippen LogP) is 1.52. The molecule has 1 aromatic rings. The molecule has 0 saturated carbocycles. The average molecular weight is 460 g/mol. The molecule has 0 fully saturated rings. The molecule has 1 aromatic carbocycles. The van der Waals surface area contributed by atoms with E-state index in [9.17, 15) is 4.79 Å². The second kappa shape index (κ2) is 10.9. The quantitative estimate of drug-likeness (QED) is 0.355. The highest BCUT2D eigenvalue weighted by Gasteiger charge is 2.35. The fraction of sp³-hybridized carbons (Fsp3) is 0.389. The summed E-state index contributed by atoms with van der Waals surface area (Å²) in [5.74, 6) is -0.0133. The molecule has 2 rings (SSSR count). The van der Waals surface area contributed by atoms with E-state index in [1.807, 2.05) is 6.92 Å². The summed E-state index contributed by atoms with van der Waals surface area (Å²) in [4.78, 5) is 18.5. The number of hydrogen-bond acceptors (Lipinski definition) is 7. The zero-order valence-corrected chi connectivity index (χ0v) is 18.6. The number of rotatable bonds is 7. The molecule has 0 radical (unpaired) electrons. The number of guanidine groups is 1. The van der Waals surface area contributed by atoms with Crippen molar-refractivity contribution >= 4 is 46.7 Å². The maximum atomic E-state index is 11.7. The molecule has 1 heterocycles. The minimum absolute atomic E-state index is 0. The second-order valence-corrected chi connectivity index (χ2v) is 6.60. The van der Waals surface area contributed by atoms with Crippen molar-refractivity contribution in [1.29, 1.82) is 5.41 Å². The summed E-state index contributed by atoms with van der Waals surface area (Å²) in [6.45, 7) is 2.50. The Balaban J connectivity index is 0.00000450. The Morgan fingerprint density at radius 3 is 2.57 bits per heavy atom. The van der Waals surface area contributed by atoms with Crippen molar-refractivity contribution in [2.75, 3.05) is 25.7 Å². The largest absolute Gasteiger partial charge is 0.497 e. The second-order valence-electron chi connectivity index (χ2n) is 6.21. The van der Waals surface area contributed by atoms with Crippen LogP contribution in [-0.4, -0.2) is 48.9 Å². The van der Waals surface area contributed by atoms with Crippen molar-refractivity contribution in [3.63, 3.8) is 0 Å². The van der Waals surface area contributed by atoms with Crippen LogP contribution in [0.3, 0.4) is 0 Å². The average Bonchev–Trinajstić information content (AvgIpc) is 2.70. The Labute approximate surface area is 186 Å². The SMILES string of the molecule is CCCCN(C(=N)N1C(N)=C(C(N)=O)N=C(Cl)C1N)c1ccc(OC)cc1OC.Cl. The van der Waals surface area contributed by atoms with Crippen molar-refractivity contribution in [3.8, 4) is 11.5 Å². The molecule has 10 nitrogen and oxygen atoms in total. The summed E-state index contributed by atoms with van der Waals surface area (Å²) >= 11 is 6.09. The molecular formula is C18H27Cl2N7O3. The van der Waals surface area contributed by atoms with E-state index in [0.29, 0.717) is 23.7 Å². The van der Waals surface area contributed by atoms with E-state index in [0.717, 1.165) is 12.8 Å². The van der Waals surface area contributed by atoms with E-state index >= 15 is 0 Å². The number of benzene rings is 1. The number of nitrogens with zero attached hydrogens (tertiary/aromatic N) is 3. The van der Waals surface area contributed by atoms with Crippen LogP contribution in [0.1, 0.15) is 19.8 Å². The molecule has 1 atom stereocenters. The van der Waals surface area contributed by atoms with Gasteiger partial charge >= 0.3 is 0 Å². The Morgan fingerprint density at radius 2 is 2.03 bits per heavy atom. The van der Waals surface area contributed by atoms with E-state index in [-0.39, 0.29) is 35.1 Å². The van der Waals surface area contributed by atoms with Gasteiger partial charge in [-0.1, -0.05) is 24.9 Å². The summed E-state index contributed by atoms with van der Waals surface area (Å²) in [7, 11) is 3.08. The van der Waals surface area contributed by atoms with Gasteiger partial charge in [-0.25, -0.2) is 4.99 Å². The topological polar surface area (TPSA) is 156 Å². The van der Waals surface area contributed by atoms with Crippen LogP contribution in [0.25, 0.3) is 0 Å². The number of carbonyl (C=O) groups is 1. The van der Waals surface area contributed by atoms with Crippen molar-refractivity contribution in [2.45, 2.75) is 25.9 Å². The Morgan fingerprint density at radius 1 is 1.37 bits per heavy atom. The van der Waals surface area contributed by atoms with Crippen LogP contribution in [-0.2, 0) is 4.79 Å². The molecular weight excluding hydrogens is 433 g/mol. The standard InChI is InChI=1S/C18H26ClN7O3.ClH/c1-4-5-8-25(11-7-6-10(28-2)9-12(11)29-3)18(23)26-15(20)13(17(22)27)24-14(19)16(26)21;/h6-7,9,16,23H,4-5,8,20-21H2,1-3H3,(H2,22,27);1H. The van der Waals surface area contributed by atoms with Crippen LogP contribution in [0, 0.1) is 5.41 Å². The molecule has 0 aromatic heterocycles. The predicted molar refractivity (Wildman–Crippen MR) is 120 cm³/mol. The highest BCUT2D eigenvalue weighted by molar-refractivity contribution is 6.67. The lowest BCUT2D eigenvalue weighted by molar-refractivity contribution is -0.114. The van der Waals surface area contributed by atoms with Crippen molar-refractivity contribution in [3.05, 3.63) is 29.7 Å². The van der Waals surface area contributed by atoms with Gasteiger partial charge in [0.15, 0.2) is 5.70 Å². The van der Waals surface area contributed by atoms with Gasteiger partial charge < -0.3 is 31.6 Å². The third kappa shape index (κ3) is 5.07. The zero-order chi connectivity index (χ0) is 21.7. The van der Waals surface area contributed by atoms with Gasteiger partial charge in [-0.2, -0.15) is 0 Å². The summed E-state index contributed by atoms with van der Waals surface area (Å²) < 4.78 is 10.7. The van der Waals surface area contributed by atoms with Crippen LogP contribution in [0.15, 0.2) is 34.7 Å². The van der Waals surface area contributed by atoms with Gasteiger partial charge in [-0.3, -0.25) is 15.1 Å². The van der Waals surface area contributed by atoms with Gasteiger partial charge in [0.25, 0.3) is 5.91 Å². The number of primary amides is 1. The van der Waals surface area contributed by atoms with Crippen molar-refractivity contribution in [2.24, 2.45) is 22.2 Å². The molecule has 1 amide bonds. The van der Waals surface area contributed by atoms with E-state index in [1.54, 1.807) is 30.2 Å². The van der Waals surface area contributed by atoms with Crippen LogP contribution in [0.2, 0.25) is 0 Å². The molecule has 12 heteroatoms. The minimum Gasteiger partial charge on any atom is -0.497 e. The molecule has 166 valence electrons. The van der Waals surface area contributed by atoms with Gasteiger partial charge in [-0.05, 0) is 18.6 Å². The van der Waals surface area contributed by atoms with Gasteiger partial charge in [0, 0.05) is 12.6 Å². The number of aliphatic imine (C=N–C) groups is 1. The summed E-state index contributed by atoms with van der Waals surface area (Å²) in [5.41, 5.74) is 17.9. The molecule has 0 aliphatic carbocycles. The first-order valence-electron chi connectivity index (χ1n) is 8.93. The zero-order valence-electron chi connectivity index (χ0n) is 17.0. The first kappa shape index (κ1) is 25.3. The first-order valence-corrected chi connectivity index (χ1v) is 9.31. The highest BCUT2D eigenvalue weighted by Crippen LogP contribution is 2.34. The molecule has 0 saturated heterocycles. The minimum atomic E-state index is -1.04. The van der Waals surface area contributed by atoms with E-state index in [2.05, 4.69) is 4.99 Å². The summed E-state index contributed by atoms with van der Waals surface area (Å²) in [6.07, 6.45) is 0.615. The fourth-order valence-corrected chi connectivity index (χ4v) is 3.00. The Kier molecular flexibility index (Phi) is 9.22. The number of nitrogens with one attached hydrogen (secondary N) is 1. The van der Waals surface area contributed by atoms with Crippen molar-refractivity contribution in [1.82, 2.24) is 4.90 Å². The lowest BCUT2D eigenvalue weighted by Crippen LogP contribution is -2.58. The van der Waals surface area contributed by atoms with Crippen LogP contribution < -0.4 is 31.6 Å². The Hall–Kier alpha value is -2.69. The number of nitrogens with two attached hydrogens (primary N) is 3. The first-order chi connectivity index (χ1) is 13.8. The van der Waals surface area contributed by atoms with Gasteiger partial charge in [-0.15, -0.1) is 12.4 Å². The molecule has 1 aliphatic rings. The van der Waals surface area contributed by atoms with E-state index in [1.165, 1.54) is 12.0 Å². The van der Waals surface area contributed by atoms with Crippen molar-refractivity contribution < 1.29 is 14.3 Å². The number of unbranched alkanes of at least 4 members (excludes halogenated alkanes) is 1. The molecule has 30 heavy (non-hydrogen) atoms. The smallest absolute Gasteiger partial charge is 0.271 e. The molecule has 0 bridgehead atoms. The van der Waals surface area contributed by atoms with E-state index < -0.39 is 12.1 Å². The van der Waals surface area contributed by atoms with Crippen LogP contribution >= 0.6 is 24.0 Å². The van der Waals surface area contributed by atoms with Gasteiger partial charge in [0.1, 0.15) is 28.7 Å². The number of hydrogen-bond donors (Lipinski definition) is 4. The lowest BCUT2D eigenvalue weighted by atomic mass is 10.2. The maximum Gasteiger partial charge on any atom is 0.271 e. The number of anilines is 1. The fourth-order valence-electron chi connectivity index (χ4n) is 2.82. The number of amides is 1. The van der Waals surface area contributed by atoms with Gasteiger partial charge in [0.05, 0.1) is 19.9 Å². The van der Waals surface area contributed by atoms with Gasteiger partial charge in [0.2, 0.25) is 5.96 Å². The van der Waals surface area contributed by atoms with E-state index in [4.69, 9.17) is 43.7 Å². The molecule has 1 unspecified atom stereocenters. The number of methoxy groups -OCH3 is 2. The number of halogens is 2. The summed E-state index contributed by atoms with van der Waals surface area (Å²) in [5, 5.41) is 8.71. The third-order valence-electron chi connectivity index (χ3n) is 4.37. The molecule has 0 spiro atoms. The molecule has 7 N–H and O–H groups in total. The Bertz CT molecular complexity index is 860. The number of ether oxygens (including phenoxy) is 2. The lowest BCUT2D eigenvalue weighted by Gasteiger charge is -2.38. The highest BCUT2D eigenvalue weighted by atomic mass is 35.5. The maximum absolute atomic E-state index is 11.7. The molecule has 1 aliphatic heterocycles. The third-order valence-corrected chi connectivity index (χ3v) is 4.68. The van der Waals surface area contributed by atoms with Crippen LogP contribution in [0.4, 0.5) is 5.69 Å². The monoisotopic (exact) mass is 459 g/mol. The van der Waals surface area contributed by atoms with Crippen LogP contribution in [0.5, 0.6) is 11.5 Å². The summed E-state index contributed by atoms with van der Waals surface area (Å²) in [6, 6.07) is 5.23. The normalized spacial score (nSPS) is 15.8. The number of carbonyl (C=O) groups excluding carboxylic acids is 1.